The number of nitrogens with one attached hydrogen (secondary N) is 1. The molecule has 0 atom stereocenters. The molecule has 5 aromatic rings. The maximum atomic E-state index is 13.4. The number of nitrogens with two attached hydrogens (primary N) is 1. The Hall–Kier alpha value is -4.73. The van der Waals surface area contributed by atoms with Crippen molar-refractivity contribution >= 4 is 22.6 Å². The number of rotatable bonds is 5. The van der Waals surface area contributed by atoms with Gasteiger partial charge < -0.3 is 11.1 Å². The van der Waals surface area contributed by atoms with Crippen molar-refractivity contribution < 1.29 is 4.79 Å². The zero-order valence-corrected chi connectivity index (χ0v) is 19.8. The van der Waals surface area contributed by atoms with E-state index in [1.807, 2.05) is 56.6 Å². The second kappa shape index (κ2) is 8.19. The molecule has 10 nitrogen and oxygen atoms in total. The van der Waals surface area contributed by atoms with E-state index in [1.54, 1.807) is 23.3 Å². The highest BCUT2D eigenvalue weighted by Crippen LogP contribution is 2.44. The van der Waals surface area contributed by atoms with Crippen LogP contribution in [0.3, 0.4) is 0 Å². The Labute approximate surface area is 206 Å². The maximum Gasteiger partial charge on any atom is 0.274 e. The van der Waals surface area contributed by atoms with Crippen molar-refractivity contribution in [3.8, 4) is 22.6 Å². The third kappa shape index (κ3) is 3.82. The van der Waals surface area contributed by atoms with Crippen LogP contribution in [0.5, 0.6) is 0 Å². The van der Waals surface area contributed by atoms with E-state index in [-0.39, 0.29) is 11.5 Å². The van der Waals surface area contributed by atoms with Crippen LogP contribution in [0, 0.1) is 6.92 Å². The third-order valence-corrected chi connectivity index (χ3v) is 6.28. The number of hydrogen-bond acceptors (Lipinski definition) is 8. The van der Waals surface area contributed by atoms with Crippen LogP contribution in [0.1, 0.15) is 34.7 Å². The monoisotopic (exact) mass is 477 g/mol. The average Bonchev–Trinajstić information content (AvgIpc) is 3.53. The van der Waals surface area contributed by atoms with Crippen LogP contribution in [-0.4, -0.2) is 40.6 Å². The summed E-state index contributed by atoms with van der Waals surface area (Å²) in [5.74, 6) is 0.193. The van der Waals surface area contributed by atoms with Crippen LogP contribution >= 0.6 is 0 Å². The van der Waals surface area contributed by atoms with E-state index in [1.165, 1.54) is 0 Å². The largest absolute Gasteiger partial charge is 0.382 e. The second-order valence-corrected chi connectivity index (χ2v) is 9.06. The summed E-state index contributed by atoms with van der Waals surface area (Å²) >= 11 is 0. The number of aromatic nitrogens is 7. The van der Waals surface area contributed by atoms with Gasteiger partial charge in [0.1, 0.15) is 16.9 Å². The number of amides is 1. The summed E-state index contributed by atoms with van der Waals surface area (Å²) < 4.78 is 1.68. The number of nitrogens with zero attached hydrogens (tertiary/aromatic N) is 7. The first-order chi connectivity index (χ1) is 17.4. The average molecular weight is 478 g/mol. The number of pyridine rings is 1. The lowest BCUT2D eigenvalue weighted by molar-refractivity contribution is 0.0924. The molecule has 1 amide bonds. The van der Waals surface area contributed by atoms with Crippen molar-refractivity contribution in [3.63, 3.8) is 0 Å². The summed E-state index contributed by atoms with van der Waals surface area (Å²) in [7, 11) is 1.83. The molecule has 0 bridgehead atoms. The van der Waals surface area contributed by atoms with Gasteiger partial charge in [-0.15, -0.1) is 0 Å². The van der Waals surface area contributed by atoms with E-state index in [0.29, 0.717) is 22.9 Å². The molecule has 0 saturated heterocycles. The van der Waals surface area contributed by atoms with Gasteiger partial charge in [-0.05, 0) is 49.6 Å². The number of hydrogen-bond donors (Lipinski definition) is 2. The molecule has 10 heteroatoms. The van der Waals surface area contributed by atoms with Gasteiger partial charge in [-0.3, -0.25) is 14.5 Å². The second-order valence-electron chi connectivity index (χ2n) is 9.06. The molecule has 4 aromatic heterocycles. The standard InChI is InChI=1S/C26H23N9O/c1-15-13-29-25(30-14-15)26(8-9-26)33-24(36)22-23(27)32-21(19-7-11-35(2)34-19)20(31-22)17-5-6-18-16(12-17)4-3-10-28-18/h3-7,10-14H,8-9H2,1-2H3,(H2,27,32)(H,33,36). The number of aryl methyl sites for hydroxylation is 2. The normalized spacial score (nSPS) is 14.1. The first kappa shape index (κ1) is 21.8. The summed E-state index contributed by atoms with van der Waals surface area (Å²) in [5.41, 5.74) is 9.93. The number of benzene rings is 1. The fraction of sp³-hybridized carbons (Fsp3) is 0.192. The van der Waals surface area contributed by atoms with Gasteiger partial charge >= 0.3 is 0 Å². The third-order valence-electron chi connectivity index (χ3n) is 6.28. The number of carbonyl (C=O) groups is 1. The minimum Gasteiger partial charge on any atom is -0.382 e. The first-order valence-corrected chi connectivity index (χ1v) is 11.6. The topological polar surface area (TPSA) is 137 Å². The molecule has 0 spiro atoms. The molecule has 1 aliphatic rings. The van der Waals surface area contributed by atoms with Gasteiger partial charge in [0.25, 0.3) is 5.91 Å². The summed E-state index contributed by atoms with van der Waals surface area (Å²) in [4.78, 5) is 36.0. The van der Waals surface area contributed by atoms with Crippen LogP contribution in [0.2, 0.25) is 0 Å². The van der Waals surface area contributed by atoms with Crippen LogP contribution < -0.4 is 11.1 Å². The Bertz CT molecular complexity index is 1620. The van der Waals surface area contributed by atoms with Gasteiger partial charge in [-0.1, -0.05) is 12.1 Å². The van der Waals surface area contributed by atoms with E-state index in [4.69, 9.17) is 10.7 Å². The predicted octanol–water partition coefficient (Wildman–Crippen LogP) is 3.19. The Morgan fingerprint density at radius 2 is 1.86 bits per heavy atom. The molecular formula is C26H23N9O. The molecule has 0 radical (unpaired) electrons. The van der Waals surface area contributed by atoms with Gasteiger partial charge in [-0.25, -0.2) is 19.9 Å². The molecule has 0 unspecified atom stereocenters. The van der Waals surface area contributed by atoms with Crippen LogP contribution in [-0.2, 0) is 12.6 Å². The highest BCUT2D eigenvalue weighted by molar-refractivity contribution is 5.99. The molecule has 1 fully saturated rings. The molecule has 1 aliphatic carbocycles. The minimum atomic E-state index is -0.618. The Morgan fingerprint density at radius 1 is 1.06 bits per heavy atom. The lowest BCUT2D eigenvalue weighted by Gasteiger charge is -2.17. The zero-order valence-electron chi connectivity index (χ0n) is 19.8. The lowest BCUT2D eigenvalue weighted by Crippen LogP contribution is -2.37. The number of nitrogen functional groups attached to an aromatic ring is 1. The molecule has 6 rings (SSSR count). The summed E-state index contributed by atoms with van der Waals surface area (Å²) in [6.07, 6.45) is 8.55. The van der Waals surface area contributed by atoms with E-state index in [9.17, 15) is 4.79 Å². The Balaban J connectivity index is 1.44. The van der Waals surface area contributed by atoms with Gasteiger partial charge in [-0.2, -0.15) is 5.10 Å². The van der Waals surface area contributed by atoms with E-state index >= 15 is 0 Å². The van der Waals surface area contributed by atoms with Crippen LogP contribution in [0.4, 0.5) is 5.82 Å². The lowest BCUT2D eigenvalue weighted by atomic mass is 10.0. The molecule has 1 saturated carbocycles. The highest BCUT2D eigenvalue weighted by atomic mass is 16.2. The fourth-order valence-corrected chi connectivity index (χ4v) is 4.21. The molecule has 0 aliphatic heterocycles. The zero-order chi connectivity index (χ0) is 24.9. The SMILES string of the molecule is Cc1cnc(C2(NC(=O)c3nc(-c4ccc5ncccc5c4)c(-c4ccn(C)n4)nc3N)CC2)nc1. The van der Waals surface area contributed by atoms with Gasteiger partial charge in [0.05, 0.1) is 11.2 Å². The smallest absolute Gasteiger partial charge is 0.274 e. The van der Waals surface area contributed by atoms with Crippen LogP contribution in [0.25, 0.3) is 33.5 Å². The number of fused-ring (bicyclic) bond motifs is 1. The van der Waals surface area contributed by atoms with E-state index in [0.717, 1.165) is 34.9 Å². The Kier molecular flexibility index (Phi) is 4.96. The van der Waals surface area contributed by atoms with Crippen molar-refractivity contribution in [2.24, 2.45) is 7.05 Å². The van der Waals surface area contributed by atoms with E-state index < -0.39 is 11.4 Å². The quantitative estimate of drug-likeness (QED) is 0.394. The number of anilines is 1. The minimum absolute atomic E-state index is 0.0278. The summed E-state index contributed by atoms with van der Waals surface area (Å²) in [6, 6.07) is 11.5. The van der Waals surface area contributed by atoms with Crippen molar-refractivity contribution in [2.75, 3.05) is 5.73 Å². The van der Waals surface area contributed by atoms with E-state index in [2.05, 4.69) is 30.4 Å². The van der Waals surface area contributed by atoms with Gasteiger partial charge in [0.2, 0.25) is 0 Å². The maximum absolute atomic E-state index is 13.4. The molecule has 36 heavy (non-hydrogen) atoms. The first-order valence-electron chi connectivity index (χ1n) is 11.6. The van der Waals surface area contributed by atoms with Crippen LogP contribution in [0.15, 0.2) is 61.2 Å². The molecule has 178 valence electrons. The summed E-state index contributed by atoms with van der Waals surface area (Å²) in [5, 5.41) is 8.49. The molecular weight excluding hydrogens is 454 g/mol. The Morgan fingerprint density at radius 3 is 2.58 bits per heavy atom. The predicted molar refractivity (Wildman–Crippen MR) is 135 cm³/mol. The van der Waals surface area contributed by atoms with Gasteiger partial charge in [0, 0.05) is 42.8 Å². The van der Waals surface area contributed by atoms with Crippen molar-refractivity contribution in [1.82, 2.24) is 40.0 Å². The molecule has 3 N–H and O–H groups in total. The molecule has 4 heterocycles. The van der Waals surface area contributed by atoms with Crippen molar-refractivity contribution in [1.29, 1.82) is 0 Å². The summed E-state index contributed by atoms with van der Waals surface area (Å²) in [6.45, 7) is 1.92. The fourth-order valence-electron chi connectivity index (χ4n) is 4.21. The van der Waals surface area contributed by atoms with Gasteiger partial charge in [0.15, 0.2) is 17.3 Å². The van der Waals surface area contributed by atoms with Crippen molar-refractivity contribution in [2.45, 2.75) is 25.3 Å². The number of carbonyl (C=O) groups excluding carboxylic acids is 1. The molecule has 1 aromatic carbocycles. The van der Waals surface area contributed by atoms with Crippen molar-refractivity contribution in [3.05, 3.63) is 78.3 Å². The highest BCUT2D eigenvalue weighted by Gasteiger charge is 2.49.